The van der Waals surface area contributed by atoms with E-state index < -0.39 is 5.76 Å². The third-order valence-electron chi connectivity index (χ3n) is 4.23. The molecule has 1 aliphatic rings. The van der Waals surface area contributed by atoms with Crippen molar-refractivity contribution < 1.29 is 4.42 Å². The van der Waals surface area contributed by atoms with Crippen LogP contribution >= 0.6 is 0 Å². The first-order valence-corrected chi connectivity index (χ1v) is 7.72. The molecule has 1 unspecified atom stereocenters. The van der Waals surface area contributed by atoms with Crippen LogP contribution in [0.2, 0.25) is 0 Å². The van der Waals surface area contributed by atoms with E-state index in [1.54, 1.807) is 0 Å². The Morgan fingerprint density at radius 2 is 2.10 bits per heavy atom. The number of likely N-dealkylation sites (tertiary alicyclic amines) is 1. The lowest BCUT2D eigenvalue weighted by molar-refractivity contribution is 0.215. The topological polar surface area (TPSA) is 75.3 Å². The number of aromatic amines is 1. The zero-order valence-electron chi connectivity index (χ0n) is 12.5. The molecule has 1 aromatic heterocycles. The largest absolute Gasteiger partial charge is 0.417 e. The van der Waals surface area contributed by atoms with E-state index in [1.165, 1.54) is 32.4 Å². The first-order chi connectivity index (χ1) is 10.1. The number of piperidine rings is 1. The van der Waals surface area contributed by atoms with Crippen molar-refractivity contribution >= 4 is 11.1 Å². The van der Waals surface area contributed by atoms with E-state index >= 15 is 0 Å². The number of hydrogen-bond acceptors (Lipinski definition) is 4. The SMILES string of the molecule is Cc1cc(CC(N)CN2CCCCC2)cc2oc(=O)[nH]c12. The molecule has 1 atom stereocenters. The average molecular weight is 289 g/mol. The summed E-state index contributed by atoms with van der Waals surface area (Å²) >= 11 is 0. The Morgan fingerprint density at radius 3 is 2.86 bits per heavy atom. The number of nitrogens with two attached hydrogens (primary N) is 1. The van der Waals surface area contributed by atoms with E-state index in [0.717, 1.165) is 29.6 Å². The molecule has 0 radical (unpaired) electrons. The summed E-state index contributed by atoms with van der Waals surface area (Å²) in [6.07, 6.45) is 4.72. The summed E-state index contributed by atoms with van der Waals surface area (Å²) in [6.45, 7) is 5.25. The fraction of sp³-hybridized carbons (Fsp3) is 0.562. The predicted molar refractivity (Wildman–Crippen MR) is 83.5 cm³/mol. The van der Waals surface area contributed by atoms with Crippen molar-refractivity contribution in [2.45, 2.75) is 38.6 Å². The molecular weight excluding hydrogens is 266 g/mol. The molecule has 5 nitrogen and oxygen atoms in total. The summed E-state index contributed by atoms with van der Waals surface area (Å²) in [5.74, 6) is -0.400. The highest BCUT2D eigenvalue weighted by Gasteiger charge is 2.15. The standard InChI is InChI=1S/C16H23N3O2/c1-11-7-12(9-14-15(11)18-16(20)21-14)8-13(17)10-19-5-3-2-4-6-19/h7,9,13H,2-6,8,10,17H2,1H3,(H,18,20). The molecule has 1 saturated heterocycles. The van der Waals surface area contributed by atoms with Gasteiger partial charge in [0.25, 0.3) is 0 Å². The lowest BCUT2D eigenvalue weighted by Gasteiger charge is -2.29. The van der Waals surface area contributed by atoms with Crippen molar-refractivity contribution in [1.82, 2.24) is 9.88 Å². The molecule has 114 valence electrons. The number of nitrogens with one attached hydrogen (secondary N) is 1. The van der Waals surface area contributed by atoms with E-state index in [0.29, 0.717) is 5.58 Å². The van der Waals surface area contributed by atoms with Crippen molar-refractivity contribution in [1.29, 1.82) is 0 Å². The Hall–Kier alpha value is -1.59. The maximum Gasteiger partial charge on any atom is 0.417 e. The van der Waals surface area contributed by atoms with E-state index in [9.17, 15) is 4.79 Å². The number of oxazole rings is 1. The lowest BCUT2D eigenvalue weighted by Crippen LogP contribution is -2.41. The molecule has 0 amide bonds. The smallest absolute Gasteiger partial charge is 0.408 e. The number of fused-ring (bicyclic) bond motifs is 1. The summed E-state index contributed by atoms with van der Waals surface area (Å²) in [4.78, 5) is 16.4. The fourth-order valence-electron chi connectivity index (χ4n) is 3.25. The van der Waals surface area contributed by atoms with Gasteiger partial charge in [-0.1, -0.05) is 12.5 Å². The van der Waals surface area contributed by atoms with Crippen LogP contribution in [0.3, 0.4) is 0 Å². The van der Waals surface area contributed by atoms with Crippen LogP contribution in [0.1, 0.15) is 30.4 Å². The maximum atomic E-state index is 11.3. The highest BCUT2D eigenvalue weighted by Crippen LogP contribution is 2.19. The Balaban J connectivity index is 1.70. The Morgan fingerprint density at radius 1 is 1.33 bits per heavy atom. The summed E-state index contributed by atoms with van der Waals surface area (Å²) in [6, 6.07) is 4.13. The zero-order chi connectivity index (χ0) is 14.8. The fourth-order valence-corrected chi connectivity index (χ4v) is 3.25. The van der Waals surface area contributed by atoms with Crippen molar-refractivity contribution in [3.05, 3.63) is 33.8 Å². The van der Waals surface area contributed by atoms with Crippen molar-refractivity contribution in [2.75, 3.05) is 19.6 Å². The molecule has 0 spiro atoms. The molecule has 2 heterocycles. The van der Waals surface area contributed by atoms with Gasteiger partial charge in [-0.2, -0.15) is 0 Å². The maximum absolute atomic E-state index is 11.3. The number of H-pyrrole nitrogens is 1. The first-order valence-electron chi connectivity index (χ1n) is 7.72. The lowest BCUT2D eigenvalue weighted by atomic mass is 10.0. The molecule has 1 aliphatic heterocycles. The quantitative estimate of drug-likeness (QED) is 0.899. The van der Waals surface area contributed by atoms with Crippen molar-refractivity contribution in [3.63, 3.8) is 0 Å². The Labute approximate surface area is 124 Å². The number of aromatic nitrogens is 1. The van der Waals surface area contributed by atoms with Gasteiger partial charge in [0.05, 0.1) is 5.52 Å². The normalized spacial score (nSPS) is 18.2. The highest BCUT2D eigenvalue weighted by molar-refractivity contribution is 5.76. The minimum absolute atomic E-state index is 0.116. The van der Waals surface area contributed by atoms with Gasteiger partial charge in [0, 0.05) is 12.6 Å². The van der Waals surface area contributed by atoms with E-state index in [1.807, 2.05) is 13.0 Å². The Kier molecular flexibility index (Phi) is 4.12. The molecular formula is C16H23N3O2. The van der Waals surface area contributed by atoms with Gasteiger partial charge in [-0.15, -0.1) is 0 Å². The van der Waals surface area contributed by atoms with E-state index in [4.69, 9.17) is 10.2 Å². The number of aryl methyl sites for hydroxylation is 1. The van der Waals surface area contributed by atoms with Gasteiger partial charge >= 0.3 is 5.76 Å². The number of nitrogens with zero attached hydrogens (tertiary/aromatic N) is 1. The molecule has 5 heteroatoms. The Bertz CT molecular complexity index is 668. The highest BCUT2D eigenvalue weighted by atomic mass is 16.4. The molecule has 1 fully saturated rings. The number of benzene rings is 1. The van der Waals surface area contributed by atoms with Gasteiger partial charge in [0.2, 0.25) is 0 Å². The third kappa shape index (κ3) is 3.36. The van der Waals surface area contributed by atoms with Gasteiger partial charge in [0.15, 0.2) is 5.58 Å². The van der Waals surface area contributed by atoms with Crippen LogP contribution in [0, 0.1) is 6.92 Å². The van der Waals surface area contributed by atoms with Crippen LogP contribution in [-0.2, 0) is 6.42 Å². The predicted octanol–water partition coefficient (Wildman–Crippen LogP) is 1.79. The zero-order valence-corrected chi connectivity index (χ0v) is 12.5. The van der Waals surface area contributed by atoms with Crippen LogP contribution in [0.4, 0.5) is 0 Å². The molecule has 1 aromatic carbocycles. The minimum atomic E-state index is -0.400. The number of hydrogen-bond donors (Lipinski definition) is 2. The first kappa shape index (κ1) is 14.4. The average Bonchev–Trinajstić information content (AvgIpc) is 2.81. The third-order valence-corrected chi connectivity index (χ3v) is 4.23. The van der Waals surface area contributed by atoms with E-state index in [2.05, 4.69) is 16.0 Å². The van der Waals surface area contributed by atoms with Crippen LogP contribution in [0.5, 0.6) is 0 Å². The van der Waals surface area contributed by atoms with Crippen LogP contribution in [0.25, 0.3) is 11.1 Å². The summed E-state index contributed by atoms with van der Waals surface area (Å²) in [7, 11) is 0. The van der Waals surface area contributed by atoms with Crippen molar-refractivity contribution in [2.24, 2.45) is 5.73 Å². The van der Waals surface area contributed by atoms with Crippen LogP contribution in [0.15, 0.2) is 21.3 Å². The van der Waals surface area contributed by atoms with Gasteiger partial charge in [-0.25, -0.2) is 4.79 Å². The number of rotatable bonds is 4. The summed E-state index contributed by atoms with van der Waals surface area (Å²) < 4.78 is 5.16. The monoisotopic (exact) mass is 289 g/mol. The van der Waals surface area contributed by atoms with Gasteiger partial charge in [-0.3, -0.25) is 4.98 Å². The molecule has 0 saturated carbocycles. The summed E-state index contributed by atoms with van der Waals surface area (Å²) in [5.41, 5.74) is 9.86. The van der Waals surface area contributed by atoms with Crippen molar-refractivity contribution in [3.8, 4) is 0 Å². The molecule has 2 aromatic rings. The van der Waals surface area contributed by atoms with Crippen LogP contribution in [-0.4, -0.2) is 35.6 Å². The van der Waals surface area contributed by atoms with Crippen LogP contribution < -0.4 is 11.5 Å². The minimum Gasteiger partial charge on any atom is -0.408 e. The second kappa shape index (κ2) is 6.03. The second-order valence-electron chi connectivity index (χ2n) is 6.13. The molecule has 3 N–H and O–H groups in total. The molecule has 0 aliphatic carbocycles. The summed E-state index contributed by atoms with van der Waals surface area (Å²) in [5, 5.41) is 0. The molecule has 3 rings (SSSR count). The molecule has 21 heavy (non-hydrogen) atoms. The van der Waals surface area contributed by atoms with Gasteiger partial charge in [-0.05, 0) is 56.5 Å². The van der Waals surface area contributed by atoms with Gasteiger partial charge in [0.1, 0.15) is 0 Å². The van der Waals surface area contributed by atoms with E-state index in [-0.39, 0.29) is 6.04 Å². The van der Waals surface area contributed by atoms with Gasteiger partial charge < -0.3 is 15.1 Å². The second-order valence-corrected chi connectivity index (χ2v) is 6.13. The molecule has 0 bridgehead atoms.